The van der Waals surface area contributed by atoms with Crippen LogP contribution in [-0.4, -0.2) is 32.8 Å². The maximum atomic E-state index is 5.68. The molecule has 5 heteroatoms. The number of rotatable bonds is 9. The summed E-state index contributed by atoms with van der Waals surface area (Å²) < 4.78 is 5.68. The molecule has 0 aliphatic rings. The van der Waals surface area contributed by atoms with Gasteiger partial charge in [0.2, 0.25) is 0 Å². The van der Waals surface area contributed by atoms with Crippen molar-refractivity contribution in [1.82, 2.24) is 10.6 Å². The van der Waals surface area contributed by atoms with Crippen LogP contribution in [0.2, 0.25) is 0 Å². The summed E-state index contributed by atoms with van der Waals surface area (Å²) >= 11 is 0. The van der Waals surface area contributed by atoms with Crippen molar-refractivity contribution in [3.8, 4) is 0 Å². The van der Waals surface area contributed by atoms with Crippen LogP contribution in [0.1, 0.15) is 17.5 Å². The van der Waals surface area contributed by atoms with Gasteiger partial charge in [-0.3, -0.25) is 4.99 Å². The molecule has 0 unspecified atom stereocenters. The fourth-order valence-corrected chi connectivity index (χ4v) is 2.32. The maximum Gasteiger partial charge on any atom is 0.191 e. The van der Waals surface area contributed by atoms with Crippen molar-refractivity contribution < 1.29 is 4.74 Å². The fourth-order valence-electron chi connectivity index (χ4n) is 2.32. The molecule has 0 saturated carbocycles. The van der Waals surface area contributed by atoms with Crippen molar-refractivity contribution in [1.29, 1.82) is 0 Å². The van der Waals surface area contributed by atoms with Gasteiger partial charge < -0.3 is 15.4 Å². The van der Waals surface area contributed by atoms with Gasteiger partial charge in [-0.2, -0.15) is 0 Å². The fraction of sp³-hybridized carbons (Fsp3) is 0.350. The Labute approximate surface area is 168 Å². The summed E-state index contributed by atoms with van der Waals surface area (Å²) in [5.41, 5.74) is 2.56. The molecule has 0 aromatic heterocycles. The van der Waals surface area contributed by atoms with Gasteiger partial charge in [0.25, 0.3) is 0 Å². The molecule has 0 amide bonds. The highest BCUT2D eigenvalue weighted by Crippen LogP contribution is 1.99. The summed E-state index contributed by atoms with van der Waals surface area (Å²) in [6, 6.07) is 20.7. The first-order valence-corrected chi connectivity index (χ1v) is 8.48. The van der Waals surface area contributed by atoms with Crippen molar-refractivity contribution in [2.75, 3.05) is 26.8 Å². The van der Waals surface area contributed by atoms with Gasteiger partial charge in [0.1, 0.15) is 0 Å². The average molecular weight is 453 g/mol. The number of ether oxygens (including phenoxy) is 1. The first-order valence-electron chi connectivity index (χ1n) is 8.48. The van der Waals surface area contributed by atoms with Crippen LogP contribution in [0.5, 0.6) is 0 Å². The maximum absolute atomic E-state index is 5.68. The number of nitrogens with zero attached hydrogens (tertiary/aromatic N) is 1. The van der Waals surface area contributed by atoms with Crippen LogP contribution in [0.3, 0.4) is 0 Å². The predicted molar refractivity (Wildman–Crippen MR) is 116 cm³/mol. The molecular weight excluding hydrogens is 425 g/mol. The van der Waals surface area contributed by atoms with Gasteiger partial charge in [0.15, 0.2) is 5.96 Å². The summed E-state index contributed by atoms with van der Waals surface area (Å²) in [6.45, 7) is 3.15. The minimum absolute atomic E-state index is 0. The summed E-state index contributed by atoms with van der Waals surface area (Å²) in [5, 5.41) is 6.61. The van der Waals surface area contributed by atoms with Crippen molar-refractivity contribution in [3.05, 3.63) is 71.8 Å². The number of guanidine groups is 1. The second-order valence-electron chi connectivity index (χ2n) is 5.54. The molecule has 2 aromatic rings. The van der Waals surface area contributed by atoms with Gasteiger partial charge in [0.05, 0.1) is 6.61 Å². The minimum atomic E-state index is 0. The number of nitrogens with one attached hydrogen (secondary N) is 2. The van der Waals surface area contributed by atoms with E-state index in [4.69, 9.17) is 4.74 Å². The number of aliphatic imine (C=N–C) groups is 1. The Morgan fingerprint density at radius 2 is 1.52 bits per heavy atom. The van der Waals surface area contributed by atoms with Crippen LogP contribution >= 0.6 is 24.0 Å². The third-order valence-electron chi connectivity index (χ3n) is 3.66. The van der Waals surface area contributed by atoms with Gasteiger partial charge in [-0.1, -0.05) is 60.7 Å². The number of hydrogen-bond donors (Lipinski definition) is 2. The molecule has 0 heterocycles. The van der Waals surface area contributed by atoms with Crippen LogP contribution in [0.25, 0.3) is 0 Å². The molecule has 0 aliphatic heterocycles. The van der Waals surface area contributed by atoms with Gasteiger partial charge in [-0.05, 0) is 24.0 Å². The lowest BCUT2D eigenvalue weighted by Gasteiger charge is -2.12. The molecule has 2 rings (SSSR count). The molecule has 2 aromatic carbocycles. The Morgan fingerprint density at radius 3 is 2.16 bits per heavy atom. The van der Waals surface area contributed by atoms with Crippen LogP contribution in [0, 0.1) is 0 Å². The second kappa shape index (κ2) is 13.7. The standard InChI is InChI=1S/C20H27N3O.HI/c1-21-20(23-17-19-11-6-3-7-12-19)22-14-8-15-24-16-13-18-9-4-2-5-10-18;/h2-7,9-12H,8,13-17H2,1H3,(H2,21,22,23);1H. The molecule has 0 aliphatic carbocycles. The molecule has 0 fully saturated rings. The van der Waals surface area contributed by atoms with E-state index in [-0.39, 0.29) is 24.0 Å². The zero-order chi connectivity index (χ0) is 16.9. The van der Waals surface area contributed by atoms with E-state index in [1.165, 1.54) is 11.1 Å². The van der Waals surface area contributed by atoms with E-state index >= 15 is 0 Å². The monoisotopic (exact) mass is 453 g/mol. The largest absolute Gasteiger partial charge is 0.381 e. The first-order chi connectivity index (χ1) is 11.9. The summed E-state index contributed by atoms with van der Waals surface area (Å²) in [7, 11) is 1.79. The number of hydrogen-bond acceptors (Lipinski definition) is 2. The molecule has 0 atom stereocenters. The van der Waals surface area contributed by atoms with Crippen molar-refractivity contribution in [2.45, 2.75) is 19.4 Å². The van der Waals surface area contributed by atoms with E-state index in [0.29, 0.717) is 0 Å². The lowest BCUT2D eigenvalue weighted by atomic mass is 10.2. The number of benzene rings is 2. The summed E-state index contributed by atoms with van der Waals surface area (Å²) in [6.07, 6.45) is 1.93. The molecule has 4 nitrogen and oxygen atoms in total. The summed E-state index contributed by atoms with van der Waals surface area (Å²) in [4.78, 5) is 4.23. The van der Waals surface area contributed by atoms with E-state index in [9.17, 15) is 0 Å². The highest BCUT2D eigenvalue weighted by Gasteiger charge is 1.98. The quantitative estimate of drug-likeness (QED) is 0.264. The van der Waals surface area contributed by atoms with Crippen molar-refractivity contribution in [2.24, 2.45) is 4.99 Å². The van der Waals surface area contributed by atoms with E-state index in [1.807, 2.05) is 24.3 Å². The minimum Gasteiger partial charge on any atom is -0.381 e. The Morgan fingerprint density at radius 1 is 0.880 bits per heavy atom. The molecular formula is C20H28IN3O. The van der Waals surface area contributed by atoms with Crippen LogP contribution < -0.4 is 10.6 Å². The van der Waals surface area contributed by atoms with Crippen LogP contribution in [-0.2, 0) is 17.7 Å². The molecule has 25 heavy (non-hydrogen) atoms. The average Bonchev–Trinajstić information content (AvgIpc) is 2.65. The van der Waals surface area contributed by atoms with Gasteiger partial charge >= 0.3 is 0 Å². The van der Waals surface area contributed by atoms with E-state index < -0.39 is 0 Å². The second-order valence-corrected chi connectivity index (χ2v) is 5.54. The van der Waals surface area contributed by atoms with E-state index in [1.54, 1.807) is 7.05 Å². The van der Waals surface area contributed by atoms with Gasteiger partial charge in [-0.15, -0.1) is 24.0 Å². The third kappa shape index (κ3) is 9.45. The van der Waals surface area contributed by atoms with E-state index in [0.717, 1.165) is 45.1 Å². The molecule has 0 bridgehead atoms. The highest BCUT2D eigenvalue weighted by atomic mass is 127. The molecule has 136 valence electrons. The Balaban J connectivity index is 0.00000312. The Hall–Kier alpha value is -1.60. The van der Waals surface area contributed by atoms with Crippen molar-refractivity contribution in [3.63, 3.8) is 0 Å². The SMILES string of the molecule is CN=C(NCCCOCCc1ccccc1)NCc1ccccc1.I. The number of halogens is 1. The Kier molecular flexibility index (Phi) is 11.7. The zero-order valence-electron chi connectivity index (χ0n) is 14.8. The van der Waals surface area contributed by atoms with Crippen molar-refractivity contribution >= 4 is 29.9 Å². The molecule has 0 spiro atoms. The van der Waals surface area contributed by atoms with Crippen LogP contribution in [0.4, 0.5) is 0 Å². The van der Waals surface area contributed by atoms with Crippen LogP contribution in [0.15, 0.2) is 65.7 Å². The topological polar surface area (TPSA) is 45.7 Å². The van der Waals surface area contributed by atoms with Gasteiger partial charge in [-0.25, -0.2) is 0 Å². The highest BCUT2D eigenvalue weighted by molar-refractivity contribution is 14.0. The zero-order valence-corrected chi connectivity index (χ0v) is 17.1. The smallest absolute Gasteiger partial charge is 0.191 e. The normalized spacial score (nSPS) is 10.8. The lowest BCUT2D eigenvalue weighted by molar-refractivity contribution is 0.135. The third-order valence-corrected chi connectivity index (χ3v) is 3.66. The van der Waals surface area contributed by atoms with E-state index in [2.05, 4.69) is 52.0 Å². The Bertz CT molecular complexity index is 590. The molecule has 0 saturated heterocycles. The molecule has 2 N–H and O–H groups in total. The molecule has 0 radical (unpaired) electrons. The predicted octanol–water partition coefficient (Wildman–Crippen LogP) is 3.62. The van der Waals surface area contributed by atoms with Gasteiger partial charge in [0, 0.05) is 26.7 Å². The lowest BCUT2D eigenvalue weighted by Crippen LogP contribution is -2.37. The summed E-state index contributed by atoms with van der Waals surface area (Å²) in [5.74, 6) is 0.822. The first kappa shape index (κ1) is 21.4.